The van der Waals surface area contributed by atoms with E-state index in [1.807, 2.05) is 12.4 Å². The van der Waals surface area contributed by atoms with Crippen LogP contribution < -0.4 is 5.32 Å². The minimum Gasteiger partial charge on any atom is -0.396 e. The molecule has 100 valence electrons. The van der Waals surface area contributed by atoms with Crippen LogP contribution in [-0.2, 0) is 6.54 Å². The summed E-state index contributed by atoms with van der Waals surface area (Å²) in [6.07, 6.45) is 10.5. The lowest BCUT2D eigenvalue weighted by Crippen LogP contribution is -2.32. The maximum absolute atomic E-state index is 9.36. The van der Waals surface area contributed by atoms with E-state index in [-0.39, 0.29) is 0 Å². The second-order valence-corrected chi connectivity index (χ2v) is 5.13. The summed E-state index contributed by atoms with van der Waals surface area (Å²) in [5.74, 6) is 1.11. The molecule has 0 aliphatic heterocycles. The van der Waals surface area contributed by atoms with Crippen molar-refractivity contribution in [3.8, 4) is 0 Å². The fourth-order valence-electron chi connectivity index (χ4n) is 2.76. The third kappa shape index (κ3) is 3.43. The van der Waals surface area contributed by atoms with Crippen LogP contribution in [0.15, 0.2) is 19.0 Å². The Kier molecular flexibility index (Phi) is 4.96. The average molecular weight is 249 g/mol. The summed E-state index contributed by atoms with van der Waals surface area (Å²) in [6, 6.07) is 0. The van der Waals surface area contributed by atoms with Gasteiger partial charge in [0, 0.05) is 31.1 Å². The SMILES string of the molecule is C=Cn1cc(CNCC2CCCCC2CO)cn1. The lowest BCUT2D eigenvalue weighted by atomic mass is 9.79. The van der Waals surface area contributed by atoms with Crippen molar-refractivity contribution in [2.75, 3.05) is 13.2 Å². The topological polar surface area (TPSA) is 50.1 Å². The molecular formula is C14H23N3O. The zero-order chi connectivity index (χ0) is 12.8. The molecule has 4 heteroatoms. The summed E-state index contributed by atoms with van der Waals surface area (Å²) in [4.78, 5) is 0. The smallest absolute Gasteiger partial charge is 0.0538 e. The second kappa shape index (κ2) is 6.71. The van der Waals surface area contributed by atoms with Crippen molar-refractivity contribution in [1.82, 2.24) is 15.1 Å². The van der Waals surface area contributed by atoms with E-state index in [9.17, 15) is 5.11 Å². The van der Waals surface area contributed by atoms with Gasteiger partial charge in [-0.1, -0.05) is 19.4 Å². The van der Waals surface area contributed by atoms with E-state index in [0.717, 1.165) is 13.1 Å². The predicted octanol–water partition coefficient (Wildman–Crippen LogP) is 1.87. The fourth-order valence-corrected chi connectivity index (χ4v) is 2.76. The largest absolute Gasteiger partial charge is 0.396 e. The number of nitrogens with one attached hydrogen (secondary N) is 1. The van der Waals surface area contributed by atoms with Gasteiger partial charge in [0.25, 0.3) is 0 Å². The van der Waals surface area contributed by atoms with Crippen LogP contribution in [0.4, 0.5) is 0 Å². The summed E-state index contributed by atoms with van der Waals surface area (Å²) in [6.45, 7) is 5.83. The third-order valence-electron chi connectivity index (χ3n) is 3.88. The maximum atomic E-state index is 9.36. The summed E-state index contributed by atoms with van der Waals surface area (Å²) in [5, 5.41) is 17.0. The number of aliphatic hydroxyl groups is 1. The zero-order valence-electron chi connectivity index (χ0n) is 10.9. The number of rotatable bonds is 6. The van der Waals surface area contributed by atoms with Gasteiger partial charge < -0.3 is 10.4 Å². The lowest BCUT2D eigenvalue weighted by Gasteiger charge is -2.30. The van der Waals surface area contributed by atoms with Crippen LogP contribution in [0.2, 0.25) is 0 Å². The molecule has 1 saturated carbocycles. The molecule has 0 amide bonds. The predicted molar refractivity (Wildman–Crippen MR) is 72.9 cm³/mol. The van der Waals surface area contributed by atoms with Gasteiger partial charge in [0.15, 0.2) is 0 Å². The summed E-state index contributed by atoms with van der Waals surface area (Å²) in [5.41, 5.74) is 1.17. The van der Waals surface area contributed by atoms with Gasteiger partial charge in [-0.2, -0.15) is 5.10 Å². The molecule has 2 unspecified atom stereocenters. The molecule has 1 aromatic heterocycles. The summed E-state index contributed by atoms with van der Waals surface area (Å²) < 4.78 is 1.72. The minimum atomic E-state index is 0.334. The first-order valence-corrected chi connectivity index (χ1v) is 6.80. The van der Waals surface area contributed by atoms with Crippen molar-refractivity contribution in [3.05, 3.63) is 24.5 Å². The molecule has 0 saturated heterocycles. The van der Waals surface area contributed by atoms with Gasteiger partial charge >= 0.3 is 0 Å². The number of aliphatic hydroxyl groups excluding tert-OH is 1. The summed E-state index contributed by atoms with van der Waals surface area (Å²) >= 11 is 0. The Morgan fingerprint density at radius 3 is 2.89 bits per heavy atom. The molecule has 4 nitrogen and oxygen atoms in total. The highest BCUT2D eigenvalue weighted by Gasteiger charge is 2.23. The Morgan fingerprint density at radius 1 is 1.44 bits per heavy atom. The standard InChI is InChI=1S/C14H23N3O/c1-2-17-10-12(8-16-17)7-15-9-13-5-3-4-6-14(13)11-18/h2,8,10,13-15,18H,1,3-7,9,11H2. The molecular weight excluding hydrogens is 226 g/mol. The van der Waals surface area contributed by atoms with Gasteiger partial charge in [-0.3, -0.25) is 0 Å². The minimum absolute atomic E-state index is 0.334. The molecule has 1 aliphatic carbocycles. The van der Waals surface area contributed by atoms with Crippen LogP contribution in [0.1, 0.15) is 31.2 Å². The molecule has 1 fully saturated rings. The molecule has 0 radical (unpaired) electrons. The Bertz CT molecular complexity index is 375. The Balaban J connectivity index is 1.75. The van der Waals surface area contributed by atoms with Crippen LogP contribution >= 0.6 is 0 Å². The van der Waals surface area contributed by atoms with Crippen LogP contribution in [0.3, 0.4) is 0 Å². The molecule has 0 bridgehead atoms. The first kappa shape index (κ1) is 13.3. The molecule has 0 spiro atoms. The van der Waals surface area contributed by atoms with Gasteiger partial charge in [0.2, 0.25) is 0 Å². The third-order valence-corrected chi connectivity index (χ3v) is 3.88. The van der Waals surface area contributed by atoms with Crippen molar-refractivity contribution >= 4 is 6.20 Å². The molecule has 0 aromatic carbocycles. The number of hydrogen-bond acceptors (Lipinski definition) is 3. The van der Waals surface area contributed by atoms with Crippen LogP contribution in [-0.4, -0.2) is 28.0 Å². The second-order valence-electron chi connectivity index (χ2n) is 5.13. The zero-order valence-corrected chi connectivity index (χ0v) is 10.9. The quantitative estimate of drug-likeness (QED) is 0.809. The Hall–Kier alpha value is -1.13. The van der Waals surface area contributed by atoms with E-state index in [1.165, 1.54) is 31.2 Å². The van der Waals surface area contributed by atoms with E-state index in [2.05, 4.69) is 17.0 Å². The van der Waals surface area contributed by atoms with Crippen molar-refractivity contribution in [3.63, 3.8) is 0 Å². The van der Waals surface area contributed by atoms with Gasteiger partial charge in [0.1, 0.15) is 0 Å². The van der Waals surface area contributed by atoms with E-state index >= 15 is 0 Å². The first-order valence-electron chi connectivity index (χ1n) is 6.80. The van der Waals surface area contributed by atoms with Gasteiger partial charge in [-0.05, 0) is 31.2 Å². The van der Waals surface area contributed by atoms with Gasteiger partial charge in [0.05, 0.1) is 6.20 Å². The van der Waals surface area contributed by atoms with E-state index in [1.54, 1.807) is 10.9 Å². The van der Waals surface area contributed by atoms with E-state index < -0.39 is 0 Å². The molecule has 1 heterocycles. The Labute approximate surface area is 109 Å². The molecule has 2 rings (SSSR count). The average Bonchev–Trinajstić information content (AvgIpc) is 2.87. The lowest BCUT2D eigenvalue weighted by molar-refractivity contribution is 0.133. The Morgan fingerprint density at radius 2 is 2.22 bits per heavy atom. The van der Waals surface area contributed by atoms with Crippen molar-refractivity contribution < 1.29 is 5.11 Å². The highest BCUT2D eigenvalue weighted by Crippen LogP contribution is 2.29. The van der Waals surface area contributed by atoms with E-state index in [0.29, 0.717) is 18.4 Å². The van der Waals surface area contributed by atoms with Crippen molar-refractivity contribution in [2.45, 2.75) is 32.2 Å². The highest BCUT2D eigenvalue weighted by molar-refractivity contribution is 5.17. The summed E-state index contributed by atoms with van der Waals surface area (Å²) in [7, 11) is 0. The van der Waals surface area contributed by atoms with Gasteiger partial charge in [-0.15, -0.1) is 0 Å². The first-order chi connectivity index (χ1) is 8.83. The molecule has 2 atom stereocenters. The van der Waals surface area contributed by atoms with Crippen molar-refractivity contribution in [1.29, 1.82) is 0 Å². The van der Waals surface area contributed by atoms with Crippen LogP contribution in [0.25, 0.3) is 6.20 Å². The number of hydrogen-bond donors (Lipinski definition) is 2. The van der Waals surface area contributed by atoms with Crippen molar-refractivity contribution in [2.24, 2.45) is 11.8 Å². The fraction of sp³-hybridized carbons (Fsp3) is 0.643. The highest BCUT2D eigenvalue weighted by atomic mass is 16.3. The molecule has 2 N–H and O–H groups in total. The van der Waals surface area contributed by atoms with Crippen LogP contribution in [0, 0.1) is 11.8 Å². The number of nitrogens with zero attached hydrogens (tertiary/aromatic N) is 2. The van der Waals surface area contributed by atoms with Gasteiger partial charge in [-0.25, -0.2) is 4.68 Å². The van der Waals surface area contributed by atoms with Crippen LogP contribution in [0.5, 0.6) is 0 Å². The normalized spacial score (nSPS) is 24.1. The van der Waals surface area contributed by atoms with E-state index in [4.69, 9.17) is 0 Å². The molecule has 1 aliphatic rings. The molecule has 18 heavy (non-hydrogen) atoms. The number of aromatic nitrogens is 2. The maximum Gasteiger partial charge on any atom is 0.0538 e. The molecule has 1 aromatic rings. The monoisotopic (exact) mass is 249 g/mol.